The highest BCUT2D eigenvalue weighted by Crippen LogP contribution is 2.01. The first-order valence-corrected chi connectivity index (χ1v) is 4.87. The van der Waals surface area contributed by atoms with Crippen molar-refractivity contribution in [2.75, 3.05) is 6.54 Å². The first-order valence-electron chi connectivity index (χ1n) is 4.87. The van der Waals surface area contributed by atoms with Crippen molar-refractivity contribution in [1.82, 2.24) is 5.06 Å². The monoisotopic (exact) mass is 191 g/mol. The van der Waals surface area contributed by atoms with Gasteiger partial charge in [0.05, 0.1) is 0 Å². The molecule has 0 unspecified atom stereocenters. The van der Waals surface area contributed by atoms with Gasteiger partial charge in [-0.25, -0.2) is 0 Å². The molecule has 0 spiro atoms. The zero-order chi connectivity index (χ0) is 10.4. The van der Waals surface area contributed by atoms with Gasteiger partial charge in [-0.15, -0.1) is 0 Å². The van der Waals surface area contributed by atoms with Crippen LogP contribution in [0.5, 0.6) is 0 Å². The Hall–Kier alpha value is -1.12. The van der Waals surface area contributed by atoms with Crippen molar-refractivity contribution in [2.24, 2.45) is 0 Å². The summed E-state index contributed by atoms with van der Waals surface area (Å²) in [5.74, 6) is 0. The number of hydrogen-bond acceptors (Lipinski definition) is 2. The molecular weight excluding hydrogens is 174 g/mol. The molecule has 0 atom stereocenters. The van der Waals surface area contributed by atoms with E-state index in [9.17, 15) is 5.21 Å². The molecule has 1 aromatic rings. The lowest BCUT2D eigenvalue weighted by molar-refractivity contribution is -0.106. The third-order valence-electron chi connectivity index (χ3n) is 2.00. The Kier molecular flexibility index (Phi) is 4.36. The number of hydroxylamine groups is 2. The van der Waals surface area contributed by atoms with Crippen molar-refractivity contribution in [2.45, 2.75) is 19.9 Å². The Bertz CT molecular complexity index is 280. The van der Waals surface area contributed by atoms with Gasteiger partial charge in [0.1, 0.15) is 0 Å². The van der Waals surface area contributed by atoms with Gasteiger partial charge in [-0.2, -0.15) is 5.06 Å². The van der Waals surface area contributed by atoms with Crippen molar-refractivity contribution < 1.29 is 5.21 Å². The van der Waals surface area contributed by atoms with Gasteiger partial charge in [-0.1, -0.05) is 42.5 Å². The minimum Gasteiger partial charge on any atom is -0.313 e. The summed E-state index contributed by atoms with van der Waals surface area (Å²) in [6.07, 6.45) is 3.96. The standard InChI is InChI=1S/C12H17NO/c1-11(2)13(14)10-6-9-12-7-4-3-5-8-12/h3-9,11,14H,10H2,1-2H3. The van der Waals surface area contributed by atoms with E-state index < -0.39 is 0 Å². The van der Waals surface area contributed by atoms with E-state index in [0.717, 1.165) is 5.56 Å². The van der Waals surface area contributed by atoms with Crippen LogP contribution in [0.15, 0.2) is 36.4 Å². The molecule has 0 bridgehead atoms. The molecule has 0 aliphatic carbocycles. The number of rotatable bonds is 4. The van der Waals surface area contributed by atoms with Gasteiger partial charge in [-0.05, 0) is 19.4 Å². The molecule has 1 rings (SSSR count). The second-order valence-corrected chi connectivity index (χ2v) is 3.53. The summed E-state index contributed by atoms with van der Waals surface area (Å²) in [5, 5.41) is 10.7. The van der Waals surface area contributed by atoms with Crippen LogP contribution in [0.3, 0.4) is 0 Å². The number of nitrogens with zero attached hydrogens (tertiary/aromatic N) is 1. The molecule has 14 heavy (non-hydrogen) atoms. The van der Waals surface area contributed by atoms with E-state index >= 15 is 0 Å². The predicted molar refractivity (Wildman–Crippen MR) is 59.1 cm³/mol. The summed E-state index contributed by atoms with van der Waals surface area (Å²) >= 11 is 0. The Morgan fingerprint density at radius 2 is 1.93 bits per heavy atom. The lowest BCUT2D eigenvalue weighted by Crippen LogP contribution is -2.26. The fraction of sp³-hybridized carbons (Fsp3) is 0.333. The third-order valence-corrected chi connectivity index (χ3v) is 2.00. The van der Waals surface area contributed by atoms with Crippen molar-refractivity contribution >= 4 is 6.08 Å². The number of hydrogen-bond donors (Lipinski definition) is 1. The lowest BCUT2D eigenvalue weighted by atomic mass is 10.2. The molecule has 2 nitrogen and oxygen atoms in total. The van der Waals surface area contributed by atoms with Gasteiger partial charge in [0, 0.05) is 12.6 Å². The van der Waals surface area contributed by atoms with Gasteiger partial charge >= 0.3 is 0 Å². The molecule has 0 amide bonds. The van der Waals surface area contributed by atoms with E-state index in [2.05, 4.69) is 0 Å². The Morgan fingerprint density at radius 3 is 2.50 bits per heavy atom. The fourth-order valence-electron chi connectivity index (χ4n) is 1.07. The molecule has 76 valence electrons. The second kappa shape index (κ2) is 5.58. The largest absolute Gasteiger partial charge is 0.313 e. The third kappa shape index (κ3) is 3.73. The topological polar surface area (TPSA) is 23.5 Å². The first-order chi connectivity index (χ1) is 6.70. The van der Waals surface area contributed by atoms with E-state index in [4.69, 9.17) is 0 Å². The summed E-state index contributed by atoms with van der Waals surface area (Å²) in [6.45, 7) is 4.47. The van der Waals surface area contributed by atoms with Crippen LogP contribution in [0, 0.1) is 0 Å². The molecule has 0 saturated carbocycles. The van der Waals surface area contributed by atoms with E-state index in [-0.39, 0.29) is 6.04 Å². The normalized spacial score (nSPS) is 11.8. The SMILES string of the molecule is CC(C)N(O)CC=Cc1ccccc1. The van der Waals surface area contributed by atoms with Crippen LogP contribution in [0.2, 0.25) is 0 Å². The summed E-state index contributed by atoms with van der Waals surface area (Å²) in [6, 6.07) is 10.2. The highest BCUT2D eigenvalue weighted by molar-refractivity contribution is 5.48. The van der Waals surface area contributed by atoms with Crippen LogP contribution in [-0.2, 0) is 0 Å². The molecule has 1 aromatic carbocycles. The quantitative estimate of drug-likeness (QED) is 0.740. The van der Waals surface area contributed by atoms with Crippen LogP contribution >= 0.6 is 0 Å². The van der Waals surface area contributed by atoms with E-state index in [1.807, 2.05) is 56.3 Å². The molecular formula is C12H17NO. The maximum Gasteiger partial charge on any atom is 0.0425 e. The van der Waals surface area contributed by atoms with Crippen molar-refractivity contribution in [1.29, 1.82) is 0 Å². The molecule has 0 aliphatic rings. The molecule has 0 saturated heterocycles. The molecule has 0 heterocycles. The second-order valence-electron chi connectivity index (χ2n) is 3.53. The Balaban J connectivity index is 2.42. The van der Waals surface area contributed by atoms with Crippen molar-refractivity contribution in [3.8, 4) is 0 Å². The molecule has 2 heteroatoms. The average molecular weight is 191 g/mol. The lowest BCUT2D eigenvalue weighted by Gasteiger charge is -2.16. The first kappa shape index (κ1) is 11.0. The highest BCUT2D eigenvalue weighted by atomic mass is 16.5. The van der Waals surface area contributed by atoms with Crippen LogP contribution in [0.4, 0.5) is 0 Å². The van der Waals surface area contributed by atoms with E-state index in [1.54, 1.807) is 0 Å². The van der Waals surface area contributed by atoms with Gasteiger partial charge < -0.3 is 5.21 Å². The minimum atomic E-state index is 0.162. The highest BCUT2D eigenvalue weighted by Gasteiger charge is 2.00. The molecule has 0 aliphatic heterocycles. The average Bonchev–Trinajstić information content (AvgIpc) is 2.19. The zero-order valence-electron chi connectivity index (χ0n) is 8.72. The van der Waals surface area contributed by atoms with Crippen LogP contribution < -0.4 is 0 Å². The summed E-state index contributed by atoms with van der Waals surface area (Å²) in [5.41, 5.74) is 1.16. The Labute approximate surface area is 85.4 Å². The predicted octanol–water partition coefficient (Wildman–Crippen LogP) is 2.80. The zero-order valence-corrected chi connectivity index (χ0v) is 8.72. The minimum absolute atomic E-state index is 0.162. The Morgan fingerprint density at radius 1 is 1.29 bits per heavy atom. The molecule has 0 aromatic heterocycles. The molecule has 0 fully saturated rings. The molecule has 0 radical (unpaired) electrons. The summed E-state index contributed by atoms with van der Waals surface area (Å²) < 4.78 is 0. The summed E-state index contributed by atoms with van der Waals surface area (Å²) in [4.78, 5) is 0. The van der Waals surface area contributed by atoms with Crippen LogP contribution in [-0.4, -0.2) is 22.9 Å². The van der Waals surface area contributed by atoms with Crippen molar-refractivity contribution in [3.63, 3.8) is 0 Å². The van der Waals surface area contributed by atoms with Gasteiger partial charge in [0.25, 0.3) is 0 Å². The molecule has 1 N–H and O–H groups in total. The smallest absolute Gasteiger partial charge is 0.0425 e. The van der Waals surface area contributed by atoms with E-state index in [1.165, 1.54) is 5.06 Å². The van der Waals surface area contributed by atoms with Gasteiger partial charge in [-0.3, -0.25) is 0 Å². The van der Waals surface area contributed by atoms with Gasteiger partial charge in [0.2, 0.25) is 0 Å². The fourth-order valence-corrected chi connectivity index (χ4v) is 1.07. The van der Waals surface area contributed by atoms with Crippen LogP contribution in [0.25, 0.3) is 6.08 Å². The maximum atomic E-state index is 9.39. The van der Waals surface area contributed by atoms with Gasteiger partial charge in [0.15, 0.2) is 0 Å². The maximum absolute atomic E-state index is 9.39. The van der Waals surface area contributed by atoms with Crippen molar-refractivity contribution in [3.05, 3.63) is 42.0 Å². The summed E-state index contributed by atoms with van der Waals surface area (Å²) in [7, 11) is 0. The van der Waals surface area contributed by atoms with E-state index in [0.29, 0.717) is 6.54 Å². The number of benzene rings is 1. The van der Waals surface area contributed by atoms with Crippen LogP contribution in [0.1, 0.15) is 19.4 Å².